The molecule has 204 valence electrons. The fourth-order valence-corrected chi connectivity index (χ4v) is 5.32. The highest BCUT2D eigenvalue weighted by molar-refractivity contribution is 6.02. The molecule has 2 aromatic heterocycles. The largest absolute Gasteiger partial charge is 0.464 e. The maximum Gasteiger partial charge on any atom is 0.406 e. The van der Waals surface area contributed by atoms with Crippen LogP contribution in [0, 0.1) is 0 Å². The van der Waals surface area contributed by atoms with Crippen molar-refractivity contribution in [3.8, 4) is 28.0 Å². The van der Waals surface area contributed by atoms with Gasteiger partial charge in [0.2, 0.25) is 0 Å². The predicted octanol–water partition coefficient (Wildman–Crippen LogP) is 5.66. The van der Waals surface area contributed by atoms with Gasteiger partial charge in [0.1, 0.15) is 17.9 Å². The first-order chi connectivity index (χ1) is 18.7. The van der Waals surface area contributed by atoms with Gasteiger partial charge < -0.3 is 19.4 Å². The molecule has 1 amide bonds. The number of nitrogens with one attached hydrogen (secondary N) is 1. The van der Waals surface area contributed by atoms with Crippen LogP contribution < -0.4 is 10.1 Å². The van der Waals surface area contributed by atoms with Gasteiger partial charge in [0, 0.05) is 35.8 Å². The first kappa shape index (κ1) is 25.4. The summed E-state index contributed by atoms with van der Waals surface area (Å²) in [5, 5.41) is 8.51. The second kappa shape index (κ2) is 9.67. The van der Waals surface area contributed by atoms with Crippen LogP contribution in [0.3, 0.4) is 0 Å². The number of hydrogen-bond donors (Lipinski definition) is 1. The number of alkyl halides is 5. The molecule has 2 aromatic carbocycles. The Bertz CT molecular complexity index is 1540. The van der Waals surface area contributed by atoms with Crippen molar-refractivity contribution in [2.45, 2.75) is 31.7 Å². The number of amides is 1. The van der Waals surface area contributed by atoms with Crippen LogP contribution in [0.4, 0.5) is 22.0 Å². The molecule has 1 N–H and O–H groups in total. The van der Waals surface area contributed by atoms with Crippen molar-refractivity contribution in [1.29, 1.82) is 0 Å². The highest BCUT2D eigenvalue weighted by Crippen LogP contribution is 2.39. The number of fused-ring (bicyclic) bond motifs is 2. The maximum atomic E-state index is 13.3. The molecule has 1 saturated heterocycles. The van der Waals surface area contributed by atoms with E-state index in [1.165, 1.54) is 12.3 Å². The molecule has 0 radical (unpaired) electrons. The number of aromatic nitrogens is 2. The van der Waals surface area contributed by atoms with Crippen molar-refractivity contribution in [1.82, 2.24) is 20.0 Å². The Morgan fingerprint density at radius 3 is 2.74 bits per heavy atom. The van der Waals surface area contributed by atoms with Crippen molar-refractivity contribution in [2.24, 2.45) is 0 Å². The van der Waals surface area contributed by atoms with Crippen LogP contribution in [0.25, 0.3) is 33.2 Å². The van der Waals surface area contributed by atoms with Crippen molar-refractivity contribution >= 4 is 16.9 Å². The van der Waals surface area contributed by atoms with Crippen LogP contribution in [-0.2, 0) is 6.42 Å². The zero-order valence-corrected chi connectivity index (χ0v) is 20.5. The zero-order valence-electron chi connectivity index (χ0n) is 20.5. The highest BCUT2D eigenvalue weighted by atomic mass is 19.4. The molecule has 0 bridgehead atoms. The molecule has 4 heterocycles. The lowest BCUT2D eigenvalue weighted by molar-refractivity contribution is -0.141. The third-order valence-corrected chi connectivity index (χ3v) is 7.15. The van der Waals surface area contributed by atoms with E-state index in [0.717, 1.165) is 30.6 Å². The third-order valence-electron chi connectivity index (χ3n) is 7.15. The van der Waals surface area contributed by atoms with Gasteiger partial charge in [-0.15, -0.1) is 0 Å². The number of carbonyl (C=O) groups excluding carboxylic acids is 1. The lowest BCUT2D eigenvalue weighted by Gasteiger charge is -2.30. The zero-order chi connectivity index (χ0) is 27.3. The SMILES string of the molecule is O=C1c2c(cc(-c3coc4cc(-c5cnn(C6CCNC6)c5)ccc34)cc2OC(F)F)CCN1CC(F)(F)F. The summed E-state index contributed by atoms with van der Waals surface area (Å²) in [5.74, 6) is -1.46. The summed E-state index contributed by atoms with van der Waals surface area (Å²) in [7, 11) is 0. The van der Waals surface area contributed by atoms with E-state index in [-0.39, 0.29) is 18.5 Å². The fourth-order valence-electron chi connectivity index (χ4n) is 5.32. The minimum atomic E-state index is -4.61. The Morgan fingerprint density at radius 2 is 2.00 bits per heavy atom. The van der Waals surface area contributed by atoms with Crippen molar-refractivity contribution < 1.29 is 35.9 Å². The van der Waals surface area contributed by atoms with E-state index in [0.29, 0.717) is 38.6 Å². The summed E-state index contributed by atoms with van der Waals surface area (Å²) >= 11 is 0. The number of hydrogen-bond acceptors (Lipinski definition) is 5. The van der Waals surface area contributed by atoms with Crippen molar-refractivity contribution in [2.75, 3.05) is 26.2 Å². The average Bonchev–Trinajstić information content (AvgIpc) is 3.64. The summed E-state index contributed by atoms with van der Waals surface area (Å²) in [4.78, 5) is 13.4. The molecule has 2 aliphatic rings. The van der Waals surface area contributed by atoms with Crippen molar-refractivity contribution in [3.05, 3.63) is 60.1 Å². The summed E-state index contributed by atoms with van der Waals surface area (Å²) in [6.45, 7) is -3.10. The molecular formula is C27H23F5N4O3. The number of nitrogens with zero attached hydrogens (tertiary/aromatic N) is 3. The highest BCUT2D eigenvalue weighted by Gasteiger charge is 2.37. The number of furan rings is 1. The summed E-state index contributed by atoms with van der Waals surface area (Å²) < 4.78 is 77.7. The monoisotopic (exact) mass is 546 g/mol. The lowest BCUT2D eigenvalue weighted by atomic mass is 9.92. The molecule has 1 fully saturated rings. The average molecular weight is 546 g/mol. The topological polar surface area (TPSA) is 72.5 Å². The number of carbonyl (C=O) groups is 1. The second-order valence-corrected chi connectivity index (χ2v) is 9.69. The van der Waals surface area contributed by atoms with Crippen LogP contribution >= 0.6 is 0 Å². The van der Waals surface area contributed by atoms with Gasteiger partial charge in [0.15, 0.2) is 0 Å². The van der Waals surface area contributed by atoms with Crippen molar-refractivity contribution in [3.63, 3.8) is 0 Å². The van der Waals surface area contributed by atoms with Crippen LogP contribution in [0.5, 0.6) is 5.75 Å². The van der Waals surface area contributed by atoms with E-state index in [9.17, 15) is 26.7 Å². The van der Waals surface area contributed by atoms with Gasteiger partial charge in [-0.1, -0.05) is 6.07 Å². The van der Waals surface area contributed by atoms with Crippen LogP contribution in [-0.4, -0.2) is 59.6 Å². The predicted molar refractivity (Wildman–Crippen MR) is 132 cm³/mol. The fraction of sp³-hybridized carbons (Fsp3) is 0.333. The lowest BCUT2D eigenvalue weighted by Crippen LogP contribution is -2.43. The Kier molecular flexibility index (Phi) is 6.29. The number of ether oxygens (including phenoxy) is 1. The molecule has 12 heteroatoms. The van der Waals surface area contributed by atoms with Gasteiger partial charge >= 0.3 is 12.8 Å². The molecule has 6 rings (SSSR count). The van der Waals surface area contributed by atoms with Gasteiger partial charge in [0.05, 0.1) is 24.1 Å². The van der Waals surface area contributed by atoms with Crippen LogP contribution in [0.1, 0.15) is 28.4 Å². The molecule has 0 aliphatic carbocycles. The van der Waals surface area contributed by atoms with Gasteiger partial charge in [-0.3, -0.25) is 9.48 Å². The van der Waals surface area contributed by atoms with E-state index >= 15 is 0 Å². The number of halogens is 5. The molecular weight excluding hydrogens is 523 g/mol. The summed E-state index contributed by atoms with van der Waals surface area (Å²) in [6.07, 6.45) is 1.71. The van der Waals surface area contributed by atoms with E-state index in [2.05, 4.69) is 15.2 Å². The minimum absolute atomic E-state index is 0.0605. The van der Waals surface area contributed by atoms with Crippen LogP contribution in [0.15, 0.2) is 53.4 Å². The Balaban J connectivity index is 1.35. The summed E-state index contributed by atoms with van der Waals surface area (Å²) in [5.41, 5.74) is 3.46. The van der Waals surface area contributed by atoms with Gasteiger partial charge in [-0.25, -0.2) is 0 Å². The molecule has 2 aliphatic heterocycles. The van der Waals surface area contributed by atoms with E-state index in [1.807, 2.05) is 29.1 Å². The van der Waals surface area contributed by atoms with E-state index in [4.69, 9.17) is 4.42 Å². The van der Waals surface area contributed by atoms with Gasteiger partial charge in [0.25, 0.3) is 5.91 Å². The molecule has 39 heavy (non-hydrogen) atoms. The van der Waals surface area contributed by atoms with Crippen LogP contribution in [0.2, 0.25) is 0 Å². The molecule has 0 saturated carbocycles. The Morgan fingerprint density at radius 1 is 1.15 bits per heavy atom. The Hall–Kier alpha value is -3.93. The van der Waals surface area contributed by atoms with Gasteiger partial charge in [-0.05, 0) is 60.3 Å². The quantitative estimate of drug-likeness (QED) is 0.316. The second-order valence-electron chi connectivity index (χ2n) is 9.69. The minimum Gasteiger partial charge on any atom is -0.464 e. The number of benzene rings is 2. The first-order valence-electron chi connectivity index (χ1n) is 12.4. The normalized spacial score (nSPS) is 17.8. The molecule has 7 nitrogen and oxygen atoms in total. The molecule has 0 spiro atoms. The standard InChI is InChI=1S/C27H23F5N4O3/c28-26(29)39-23-9-17(7-16-4-6-35(14-27(30,31)32)25(37)24(16)23)21-13-38-22-8-15(1-2-20(21)22)18-10-34-36(12-18)19-3-5-33-11-19/h1-2,7-10,12-13,19,26,33H,3-6,11,14H2. The summed E-state index contributed by atoms with van der Waals surface area (Å²) in [6, 6.07) is 8.79. The molecule has 4 aromatic rings. The molecule has 1 atom stereocenters. The first-order valence-corrected chi connectivity index (χ1v) is 12.4. The molecule has 1 unspecified atom stereocenters. The maximum absolute atomic E-state index is 13.3. The third kappa shape index (κ3) is 4.96. The van der Waals surface area contributed by atoms with Gasteiger partial charge in [-0.2, -0.15) is 27.1 Å². The van der Waals surface area contributed by atoms with E-state index < -0.39 is 31.0 Å². The smallest absolute Gasteiger partial charge is 0.406 e. The number of rotatable bonds is 6. The Labute approximate surface area is 219 Å². The van der Waals surface area contributed by atoms with E-state index in [1.54, 1.807) is 12.3 Å².